The molecule has 0 amide bonds. The van der Waals surface area contributed by atoms with Crippen LogP contribution >= 0.6 is 0 Å². The summed E-state index contributed by atoms with van der Waals surface area (Å²) in [6.45, 7) is 4.79. The molecule has 1 fully saturated rings. The van der Waals surface area contributed by atoms with Gasteiger partial charge in [-0.2, -0.15) is 0 Å². The summed E-state index contributed by atoms with van der Waals surface area (Å²) in [5.41, 5.74) is 0. The Kier molecular flexibility index (Phi) is 5.17. The molecule has 1 saturated heterocycles. The number of likely N-dealkylation sites (tertiary alicyclic amines) is 1. The number of sulfonamides is 1. The number of hydrogen-bond acceptors (Lipinski definition) is 4. The maximum atomic E-state index is 12.0. The van der Waals surface area contributed by atoms with Crippen molar-refractivity contribution in [3.63, 3.8) is 0 Å². The Labute approximate surface area is 121 Å². The number of nitrogens with zero attached hydrogens (tertiary/aromatic N) is 3. The third kappa shape index (κ3) is 4.04. The monoisotopic (exact) mass is 300 g/mol. The smallest absolute Gasteiger partial charge is 0.259 e. The maximum absolute atomic E-state index is 12.0. The Balaban J connectivity index is 1.75. The molecule has 20 heavy (non-hydrogen) atoms. The third-order valence-electron chi connectivity index (χ3n) is 3.81. The second-order valence-electron chi connectivity index (χ2n) is 5.51. The molecule has 0 spiro atoms. The topological polar surface area (TPSA) is 67.2 Å². The van der Waals surface area contributed by atoms with E-state index in [1.807, 2.05) is 0 Å². The van der Waals surface area contributed by atoms with Crippen molar-refractivity contribution >= 4 is 10.0 Å². The highest BCUT2D eigenvalue weighted by Crippen LogP contribution is 2.16. The summed E-state index contributed by atoms with van der Waals surface area (Å²) >= 11 is 0. The fraction of sp³-hybridized carbons (Fsp3) is 0.769. The zero-order valence-electron chi connectivity index (χ0n) is 12.2. The molecule has 6 nitrogen and oxygen atoms in total. The quantitative estimate of drug-likeness (QED) is 0.795. The first-order valence-corrected chi connectivity index (χ1v) is 8.69. The number of hydrogen-bond donors (Lipinski definition) is 1. The minimum Gasteiger partial charge on any atom is -0.339 e. The van der Waals surface area contributed by atoms with E-state index in [2.05, 4.69) is 21.5 Å². The molecule has 0 saturated carbocycles. The highest BCUT2D eigenvalue weighted by molar-refractivity contribution is 7.89. The van der Waals surface area contributed by atoms with Crippen LogP contribution in [0.1, 0.15) is 32.6 Å². The van der Waals surface area contributed by atoms with Gasteiger partial charge in [-0.1, -0.05) is 6.42 Å². The van der Waals surface area contributed by atoms with Crippen LogP contribution in [0.4, 0.5) is 0 Å². The van der Waals surface area contributed by atoms with Gasteiger partial charge >= 0.3 is 0 Å². The van der Waals surface area contributed by atoms with Crippen molar-refractivity contribution in [3.8, 4) is 0 Å². The largest absolute Gasteiger partial charge is 0.339 e. The standard InChI is InChI=1S/C13H24N4O2S/c1-12-6-3-4-8-17(12)9-5-7-15-20(18,19)13-10-16(2)11-14-13/h10-12,15H,3-9H2,1-2H3. The molecule has 114 valence electrons. The van der Waals surface area contributed by atoms with Crippen LogP contribution in [0.25, 0.3) is 0 Å². The molecule has 7 heteroatoms. The van der Waals surface area contributed by atoms with Crippen LogP contribution in [0, 0.1) is 0 Å². The van der Waals surface area contributed by atoms with Crippen LogP contribution in [0.5, 0.6) is 0 Å². The molecule has 2 rings (SSSR count). The lowest BCUT2D eigenvalue weighted by molar-refractivity contribution is 0.159. The lowest BCUT2D eigenvalue weighted by Crippen LogP contribution is -2.39. The van der Waals surface area contributed by atoms with Crippen LogP contribution in [0.15, 0.2) is 17.6 Å². The fourth-order valence-electron chi connectivity index (χ4n) is 2.58. The van der Waals surface area contributed by atoms with Crippen LogP contribution in [-0.2, 0) is 17.1 Å². The summed E-state index contributed by atoms with van der Waals surface area (Å²) in [5.74, 6) is 0. The van der Waals surface area contributed by atoms with E-state index in [4.69, 9.17) is 0 Å². The highest BCUT2D eigenvalue weighted by Gasteiger charge is 2.19. The SMILES string of the molecule is CC1CCCCN1CCCNS(=O)(=O)c1cn(C)cn1. The number of piperidine rings is 1. The molecule has 0 bridgehead atoms. The number of aromatic nitrogens is 2. The molecule has 1 unspecified atom stereocenters. The molecule has 2 heterocycles. The molecule has 1 aromatic rings. The van der Waals surface area contributed by atoms with Gasteiger partial charge in [0.2, 0.25) is 0 Å². The first-order valence-electron chi connectivity index (χ1n) is 7.21. The molecule has 1 N–H and O–H groups in total. The molecule has 1 aliphatic rings. The van der Waals surface area contributed by atoms with E-state index in [0.29, 0.717) is 12.6 Å². The number of aryl methyl sites for hydroxylation is 1. The van der Waals surface area contributed by atoms with Gasteiger partial charge in [-0.05, 0) is 39.3 Å². The van der Waals surface area contributed by atoms with Crippen LogP contribution in [-0.4, -0.2) is 48.5 Å². The molecule has 0 aromatic carbocycles. The van der Waals surface area contributed by atoms with Crippen molar-refractivity contribution in [1.29, 1.82) is 0 Å². The summed E-state index contributed by atoms with van der Waals surface area (Å²) in [7, 11) is -1.70. The van der Waals surface area contributed by atoms with Crippen LogP contribution < -0.4 is 4.72 Å². The Morgan fingerprint density at radius 3 is 2.90 bits per heavy atom. The lowest BCUT2D eigenvalue weighted by Gasteiger charge is -2.33. The average Bonchev–Trinajstić information content (AvgIpc) is 2.84. The van der Waals surface area contributed by atoms with E-state index in [1.165, 1.54) is 31.8 Å². The zero-order valence-corrected chi connectivity index (χ0v) is 13.1. The first-order chi connectivity index (χ1) is 9.49. The van der Waals surface area contributed by atoms with Crippen molar-refractivity contribution in [2.45, 2.75) is 43.7 Å². The zero-order chi connectivity index (χ0) is 14.6. The average molecular weight is 300 g/mol. The van der Waals surface area contributed by atoms with E-state index in [1.54, 1.807) is 11.6 Å². The summed E-state index contributed by atoms with van der Waals surface area (Å²) in [6, 6.07) is 0.621. The lowest BCUT2D eigenvalue weighted by atomic mass is 10.0. The highest BCUT2D eigenvalue weighted by atomic mass is 32.2. The fourth-order valence-corrected chi connectivity index (χ4v) is 3.63. The molecule has 0 aliphatic carbocycles. The van der Waals surface area contributed by atoms with Gasteiger partial charge < -0.3 is 9.47 Å². The molecule has 1 aliphatic heterocycles. The van der Waals surface area contributed by atoms with Crippen molar-refractivity contribution in [2.75, 3.05) is 19.6 Å². The van der Waals surface area contributed by atoms with E-state index < -0.39 is 10.0 Å². The Bertz CT molecular complexity index is 526. The minimum absolute atomic E-state index is 0.0892. The number of nitrogens with one attached hydrogen (secondary N) is 1. The first kappa shape index (κ1) is 15.5. The number of rotatable bonds is 6. The maximum Gasteiger partial charge on any atom is 0.259 e. The van der Waals surface area contributed by atoms with Gasteiger partial charge in [0.15, 0.2) is 5.03 Å². The predicted octanol–water partition coefficient (Wildman–Crippen LogP) is 0.963. The molecule has 0 radical (unpaired) electrons. The van der Waals surface area contributed by atoms with Crippen molar-refractivity contribution < 1.29 is 8.42 Å². The van der Waals surface area contributed by atoms with E-state index in [9.17, 15) is 8.42 Å². The van der Waals surface area contributed by atoms with E-state index in [0.717, 1.165) is 19.5 Å². The Hall–Kier alpha value is -0.920. The summed E-state index contributed by atoms with van der Waals surface area (Å²) in [5, 5.41) is 0.0892. The molecule has 1 atom stereocenters. The van der Waals surface area contributed by atoms with Crippen LogP contribution in [0.2, 0.25) is 0 Å². The van der Waals surface area contributed by atoms with Gasteiger partial charge in [0.25, 0.3) is 10.0 Å². The second-order valence-corrected chi connectivity index (χ2v) is 7.22. The van der Waals surface area contributed by atoms with E-state index >= 15 is 0 Å². The molecular weight excluding hydrogens is 276 g/mol. The Morgan fingerprint density at radius 2 is 2.25 bits per heavy atom. The van der Waals surface area contributed by atoms with Gasteiger partial charge in [-0.25, -0.2) is 18.1 Å². The van der Waals surface area contributed by atoms with Crippen molar-refractivity contribution in [2.24, 2.45) is 7.05 Å². The Morgan fingerprint density at radius 1 is 1.45 bits per heavy atom. The minimum atomic E-state index is -3.46. The van der Waals surface area contributed by atoms with Crippen molar-refractivity contribution in [1.82, 2.24) is 19.2 Å². The molecular formula is C13H24N4O2S. The van der Waals surface area contributed by atoms with Crippen molar-refractivity contribution in [3.05, 3.63) is 12.5 Å². The van der Waals surface area contributed by atoms with Gasteiger partial charge in [0, 0.05) is 25.8 Å². The van der Waals surface area contributed by atoms with Gasteiger partial charge in [-0.15, -0.1) is 0 Å². The van der Waals surface area contributed by atoms with Gasteiger partial charge in [-0.3, -0.25) is 0 Å². The second kappa shape index (κ2) is 6.69. The third-order valence-corrected chi connectivity index (χ3v) is 5.16. The summed E-state index contributed by atoms with van der Waals surface area (Å²) in [4.78, 5) is 6.31. The van der Waals surface area contributed by atoms with Crippen LogP contribution in [0.3, 0.4) is 0 Å². The normalized spacial score (nSPS) is 21.2. The van der Waals surface area contributed by atoms with Gasteiger partial charge in [0.1, 0.15) is 0 Å². The summed E-state index contributed by atoms with van der Waals surface area (Å²) in [6.07, 6.45) is 7.64. The van der Waals surface area contributed by atoms with E-state index in [-0.39, 0.29) is 5.03 Å². The number of imidazole rings is 1. The predicted molar refractivity (Wildman–Crippen MR) is 77.9 cm³/mol. The van der Waals surface area contributed by atoms with Gasteiger partial charge in [0.05, 0.1) is 6.33 Å². The summed E-state index contributed by atoms with van der Waals surface area (Å²) < 4.78 is 28.2. The molecule has 1 aromatic heterocycles.